The van der Waals surface area contributed by atoms with Gasteiger partial charge in [0.2, 0.25) is 0 Å². The minimum Gasteiger partial charge on any atom is -0.366 e. The number of nitrogens with one attached hydrogen (secondary N) is 1. The molecule has 0 spiro atoms. The molecule has 5 heteroatoms. The fourth-order valence-electron chi connectivity index (χ4n) is 2.20. The Bertz CT molecular complexity index is 472. The lowest BCUT2D eigenvalue weighted by Crippen LogP contribution is -2.55. The zero-order chi connectivity index (χ0) is 13.1. The summed E-state index contributed by atoms with van der Waals surface area (Å²) < 4.78 is 13.2. The second-order valence-electron chi connectivity index (χ2n) is 4.57. The molecule has 2 atom stereocenters. The first-order chi connectivity index (χ1) is 8.61. The normalized spacial score (nSPS) is 23.8. The van der Waals surface area contributed by atoms with Crippen LogP contribution in [0, 0.1) is 17.1 Å². The van der Waals surface area contributed by atoms with Gasteiger partial charge in [-0.1, -0.05) is 11.6 Å². The predicted molar refractivity (Wildman–Crippen MR) is 70.2 cm³/mol. The van der Waals surface area contributed by atoms with Crippen LogP contribution in [0.15, 0.2) is 18.2 Å². The van der Waals surface area contributed by atoms with Gasteiger partial charge in [0.1, 0.15) is 5.82 Å². The van der Waals surface area contributed by atoms with E-state index in [1.807, 2.05) is 0 Å². The summed E-state index contributed by atoms with van der Waals surface area (Å²) >= 11 is 5.81. The van der Waals surface area contributed by atoms with Crippen molar-refractivity contribution >= 4 is 17.3 Å². The maximum atomic E-state index is 13.2. The number of hydrogen-bond donors (Lipinski definition) is 1. The highest BCUT2D eigenvalue weighted by atomic mass is 35.5. The summed E-state index contributed by atoms with van der Waals surface area (Å²) in [4.78, 5) is 2.16. The Hall–Kier alpha value is -1.31. The summed E-state index contributed by atoms with van der Waals surface area (Å²) in [5, 5.41) is 12.2. The Labute approximate surface area is 111 Å². The number of piperazine rings is 1. The van der Waals surface area contributed by atoms with Crippen LogP contribution in [0.1, 0.15) is 13.3 Å². The van der Waals surface area contributed by atoms with Crippen LogP contribution in [-0.4, -0.2) is 25.2 Å². The van der Waals surface area contributed by atoms with Crippen LogP contribution < -0.4 is 10.2 Å². The lowest BCUT2D eigenvalue weighted by Gasteiger charge is -2.39. The first kappa shape index (κ1) is 13.1. The molecule has 2 rings (SSSR count). The van der Waals surface area contributed by atoms with Gasteiger partial charge in [-0.05, 0) is 25.1 Å². The van der Waals surface area contributed by atoms with E-state index in [2.05, 4.69) is 23.2 Å². The monoisotopic (exact) mass is 267 g/mol. The van der Waals surface area contributed by atoms with E-state index < -0.39 is 5.82 Å². The molecule has 0 saturated carbocycles. The van der Waals surface area contributed by atoms with Gasteiger partial charge in [0.25, 0.3) is 0 Å². The first-order valence-electron chi connectivity index (χ1n) is 5.94. The minimum absolute atomic E-state index is 0.134. The zero-order valence-electron chi connectivity index (χ0n) is 10.2. The van der Waals surface area contributed by atoms with E-state index >= 15 is 0 Å². The molecule has 0 aliphatic carbocycles. The van der Waals surface area contributed by atoms with Gasteiger partial charge in [0, 0.05) is 30.9 Å². The van der Waals surface area contributed by atoms with Crippen LogP contribution in [0.3, 0.4) is 0 Å². The van der Waals surface area contributed by atoms with Gasteiger partial charge in [-0.15, -0.1) is 0 Å². The summed E-state index contributed by atoms with van der Waals surface area (Å²) in [5.74, 6) is -0.406. The SMILES string of the molecule is CC1CNC(CC#N)CN1c1ccc(F)c(Cl)c1. The van der Waals surface area contributed by atoms with E-state index in [9.17, 15) is 4.39 Å². The number of rotatable bonds is 2. The highest BCUT2D eigenvalue weighted by molar-refractivity contribution is 6.31. The van der Waals surface area contributed by atoms with Gasteiger partial charge < -0.3 is 10.2 Å². The van der Waals surface area contributed by atoms with Crippen molar-refractivity contribution in [1.82, 2.24) is 5.32 Å². The zero-order valence-corrected chi connectivity index (χ0v) is 10.9. The highest BCUT2D eigenvalue weighted by Gasteiger charge is 2.25. The van der Waals surface area contributed by atoms with E-state index in [0.717, 1.165) is 18.8 Å². The lowest BCUT2D eigenvalue weighted by atomic mass is 10.1. The molecule has 1 aliphatic heterocycles. The minimum atomic E-state index is -0.406. The number of benzene rings is 1. The standard InChI is InChI=1S/C13H15ClFN3/c1-9-7-17-10(4-5-16)8-18(9)11-2-3-13(15)12(14)6-11/h2-3,6,9-10,17H,4,7-8H2,1H3. The summed E-state index contributed by atoms with van der Waals surface area (Å²) in [6.07, 6.45) is 0.470. The van der Waals surface area contributed by atoms with Crippen molar-refractivity contribution < 1.29 is 4.39 Å². The Morgan fingerprint density at radius 3 is 3.06 bits per heavy atom. The molecule has 1 N–H and O–H groups in total. The van der Waals surface area contributed by atoms with Crippen molar-refractivity contribution in [1.29, 1.82) is 5.26 Å². The number of nitriles is 1. The van der Waals surface area contributed by atoms with Gasteiger partial charge in [0.05, 0.1) is 17.5 Å². The number of nitrogens with zero attached hydrogens (tertiary/aromatic N) is 2. The average molecular weight is 268 g/mol. The quantitative estimate of drug-likeness (QED) is 0.895. The fraction of sp³-hybridized carbons (Fsp3) is 0.462. The van der Waals surface area contributed by atoms with Crippen molar-refractivity contribution in [3.63, 3.8) is 0 Å². The molecule has 0 radical (unpaired) electrons. The molecule has 96 valence electrons. The molecular weight excluding hydrogens is 253 g/mol. The van der Waals surface area contributed by atoms with Crippen LogP contribution in [0.2, 0.25) is 5.02 Å². The lowest BCUT2D eigenvalue weighted by molar-refractivity contribution is 0.409. The summed E-state index contributed by atoms with van der Waals surface area (Å²) in [7, 11) is 0. The van der Waals surface area contributed by atoms with Gasteiger partial charge >= 0.3 is 0 Å². The van der Waals surface area contributed by atoms with Crippen LogP contribution >= 0.6 is 11.6 Å². The molecule has 18 heavy (non-hydrogen) atoms. The van der Waals surface area contributed by atoms with E-state index in [4.69, 9.17) is 16.9 Å². The average Bonchev–Trinajstić information content (AvgIpc) is 2.35. The second kappa shape index (κ2) is 5.55. The van der Waals surface area contributed by atoms with E-state index in [1.54, 1.807) is 12.1 Å². The van der Waals surface area contributed by atoms with Crippen LogP contribution in [-0.2, 0) is 0 Å². The molecule has 2 unspecified atom stereocenters. The third-order valence-corrected chi connectivity index (χ3v) is 3.51. The van der Waals surface area contributed by atoms with Crippen molar-refractivity contribution in [2.45, 2.75) is 25.4 Å². The molecule has 1 aromatic rings. The van der Waals surface area contributed by atoms with Crippen molar-refractivity contribution in [2.75, 3.05) is 18.0 Å². The topological polar surface area (TPSA) is 39.1 Å². The molecule has 1 fully saturated rings. The molecular formula is C13H15ClFN3. The Morgan fingerprint density at radius 2 is 2.39 bits per heavy atom. The summed E-state index contributed by atoms with van der Waals surface area (Å²) in [6, 6.07) is 7.36. The molecule has 0 aromatic heterocycles. The molecule has 1 aromatic carbocycles. The van der Waals surface area contributed by atoms with Gasteiger partial charge in [-0.3, -0.25) is 0 Å². The Morgan fingerprint density at radius 1 is 1.61 bits per heavy atom. The van der Waals surface area contributed by atoms with E-state index in [-0.39, 0.29) is 11.1 Å². The van der Waals surface area contributed by atoms with Gasteiger partial charge in [-0.2, -0.15) is 5.26 Å². The molecule has 0 amide bonds. The number of anilines is 1. The highest BCUT2D eigenvalue weighted by Crippen LogP contribution is 2.25. The fourth-order valence-corrected chi connectivity index (χ4v) is 2.37. The van der Waals surface area contributed by atoms with Crippen LogP contribution in [0.4, 0.5) is 10.1 Å². The molecule has 0 bridgehead atoms. The van der Waals surface area contributed by atoms with Crippen molar-refractivity contribution in [3.8, 4) is 6.07 Å². The maximum Gasteiger partial charge on any atom is 0.141 e. The second-order valence-corrected chi connectivity index (χ2v) is 4.97. The molecule has 3 nitrogen and oxygen atoms in total. The third-order valence-electron chi connectivity index (χ3n) is 3.22. The smallest absolute Gasteiger partial charge is 0.141 e. The van der Waals surface area contributed by atoms with Crippen molar-refractivity contribution in [3.05, 3.63) is 29.0 Å². The van der Waals surface area contributed by atoms with E-state index in [0.29, 0.717) is 12.5 Å². The van der Waals surface area contributed by atoms with Crippen molar-refractivity contribution in [2.24, 2.45) is 0 Å². The van der Waals surface area contributed by atoms with Crippen LogP contribution in [0.25, 0.3) is 0 Å². The predicted octanol–water partition coefficient (Wildman–Crippen LogP) is 2.56. The number of halogens is 2. The number of hydrogen-bond acceptors (Lipinski definition) is 3. The molecule has 1 aliphatic rings. The Balaban J connectivity index is 2.19. The first-order valence-corrected chi connectivity index (χ1v) is 6.31. The van der Waals surface area contributed by atoms with E-state index in [1.165, 1.54) is 6.07 Å². The van der Waals surface area contributed by atoms with Gasteiger partial charge in [-0.25, -0.2) is 4.39 Å². The largest absolute Gasteiger partial charge is 0.366 e. The third kappa shape index (κ3) is 2.74. The molecule has 1 heterocycles. The summed E-state index contributed by atoms with van der Waals surface area (Å²) in [6.45, 7) is 3.63. The molecule has 1 saturated heterocycles. The van der Waals surface area contributed by atoms with Gasteiger partial charge in [0.15, 0.2) is 0 Å². The Kier molecular flexibility index (Phi) is 4.05. The summed E-state index contributed by atoms with van der Waals surface area (Å²) in [5.41, 5.74) is 0.901. The maximum absolute atomic E-state index is 13.2. The van der Waals surface area contributed by atoms with Crippen LogP contribution in [0.5, 0.6) is 0 Å².